The minimum absolute atomic E-state index is 0.0953. The van der Waals surface area contributed by atoms with E-state index in [0.29, 0.717) is 6.07 Å². The van der Waals surface area contributed by atoms with Gasteiger partial charge in [0, 0.05) is 16.7 Å². The zero-order chi connectivity index (χ0) is 19.5. The summed E-state index contributed by atoms with van der Waals surface area (Å²) in [5.74, 6) is -1.96. The van der Waals surface area contributed by atoms with Crippen LogP contribution in [0.2, 0.25) is 0 Å². The molecule has 0 saturated carbocycles. The van der Waals surface area contributed by atoms with Gasteiger partial charge in [-0.25, -0.2) is 8.42 Å². The molecule has 0 radical (unpaired) electrons. The first-order valence-corrected chi connectivity index (χ1v) is 8.40. The van der Waals surface area contributed by atoms with Gasteiger partial charge in [-0.15, -0.1) is 0 Å². The van der Waals surface area contributed by atoms with Gasteiger partial charge in [-0.2, -0.15) is 22.0 Å². The predicted molar refractivity (Wildman–Crippen MR) is 77.9 cm³/mol. The molecule has 0 aliphatic heterocycles. The van der Waals surface area contributed by atoms with Crippen molar-refractivity contribution < 1.29 is 40.0 Å². The Labute approximate surface area is 143 Å². The fraction of sp³-hybridized carbons (Fsp3) is 0.125. The van der Waals surface area contributed by atoms with E-state index in [1.54, 1.807) is 0 Å². The van der Waals surface area contributed by atoms with Crippen molar-refractivity contribution in [3.05, 3.63) is 64.7 Å². The number of sulfone groups is 1. The van der Waals surface area contributed by atoms with Gasteiger partial charge in [0.15, 0.2) is 11.6 Å². The van der Waals surface area contributed by atoms with E-state index in [-0.39, 0.29) is 11.1 Å². The monoisotopic (exact) mass is 390 g/mol. The summed E-state index contributed by atoms with van der Waals surface area (Å²) >= 11 is 0. The van der Waals surface area contributed by atoms with Gasteiger partial charge in [0.25, 0.3) is 9.84 Å². The smallest absolute Gasteiger partial charge is 0.289 e. The van der Waals surface area contributed by atoms with Crippen LogP contribution in [0.1, 0.15) is 31.8 Å². The number of halogens is 5. The molecule has 0 amide bonds. The maximum Gasteiger partial charge on any atom is 0.469 e. The molecule has 1 aliphatic carbocycles. The molecular weight excluding hydrogens is 383 g/mol. The van der Waals surface area contributed by atoms with Crippen LogP contribution >= 0.6 is 0 Å². The Morgan fingerprint density at radius 1 is 0.692 bits per heavy atom. The Morgan fingerprint density at radius 2 is 1.19 bits per heavy atom. The van der Waals surface area contributed by atoms with Crippen LogP contribution in [0.3, 0.4) is 0 Å². The summed E-state index contributed by atoms with van der Waals surface area (Å²) in [5.41, 5.74) is -1.90. The minimum atomic E-state index is -6.39. The molecule has 3 rings (SSSR count). The molecule has 1 aliphatic rings. The van der Waals surface area contributed by atoms with Gasteiger partial charge in [0.05, 0.1) is 10.5 Å². The zero-order valence-electron chi connectivity index (χ0n) is 12.5. The highest BCUT2D eigenvalue weighted by atomic mass is 32.2. The van der Waals surface area contributed by atoms with Crippen molar-refractivity contribution in [2.24, 2.45) is 0 Å². The van der Waals surface area contributed by atoms with Crippen molar-refractivity contribution in [2.75, 3.05) is 0 Å². The summed E-state index contributed by atoms with van der Waals surface area (Å²) in [4.78, 5) is 23.4. The molecule has 26 heavy (non-hydrogen) atoms. The highest BCUT2D eigenvalue weighted by Gasteiger charge is 2.68. The van der Waals surface area contributed by atoms with Crippen LogP contribution in [0.5, 0.6) is 0 Å². The fourth-order valence-corrected chi connectivity index (χ4v) is 3.94. The lowest BCUT2D eigenvalue weighted by molar-refractivity contribution is -0.241. The van der Waals surface area contributed by atoms with Crippen molar-refractivity contribution in [3.63, 3.8) is 0 Å². The minimum Gasteiger partial charge on any atom is -0.289 e. The van der Waals surface area contributed by atoms with Crippen LogP contribution in [0.15, 0.2) is 47.4 Å². The van der Waals surface area contributed by atoms with Gasteiger partial charge in [0.2, 0.25) is 0 Å². The van der Waals surface area contributed by atoms with Gasteiger partial charge < -0.3 is 0 Å². The second-order valence-corrected chi connectivity index (χ2v) is 7.36. The Kier molecular flexibility index (Phi) is 3.80. The Hall–Kier alpha value is -2.62. The molecular formula is C16H7F5O4S. The highest BCUT2D eigenvalue weighted by molar-refractivity contribution is 7.92. The Balaban J connectivity index is 2.33. The summed E-state index contributed by atoms with van der Waals surface area (Å²) in [6.07, 6.45) is -6.39. The first-order valence-electron chi connectivity index (χ1n) is 6.92. The number of carbonyl (C=O) groups excluding carboxylic acids is 2. The number of hydrogen-bond acceptors (Lipinski definition) is 4. The van der Waals surface area contributed by atoms with Crippen molar-refractivity contribution in [1.29, 1.82) is 0 Å². The Morgan fingerprint density at radius 3 is 1.73 bits per heavy atom. The molecule has 2 aromatic rings. The topological polar surface area (TPSA) is 68.3 Å². The van der Waals surface area contributed by atoms with Gasteiger partial charge in [0.1, 0.15) is 0 Å². The second kappa shape index (κ2) is 5.44. The molecule has 0 N–H and O–H groups in total. The average Bonchev–Trinajstić information content (AvgIpc) is 2.58. The van der Waals surface area contributed by atoms with Crippen LogP contribution < -0.4 is 0 Å². The lowest BCUT2D eigenvalue weighted by Crippen LogP contribution is -2.44. The van der Waals surface area contributed by atoms with Crippen molar-refractivity contribution in [1.82, 2.24) is 0 Å². The maximum absolute atomic E-state index is 13.6. The molecule has 0 aromatic heterocycles. The quantitative estimate of drug-likeness (QED) is 0.629. The van der Waals surface area contributed by atoms with Crippen molar-refractivity contribution in [3.8, 4) is 0 Å². The molecule has 0 fully saturated rings. The van der Waals surface area contributed by atoms with E-state index in [0.717, 1.165) is 18.2 Å². The standard InChI is InChI=1S/C16H7F5O4S/c17-15(18,19)16(20,21)26(24,25)11-7-3-6-10-12(11)14(23)9-5-2-1-4-8(9)13(10)22/h1-7H. The van der Waals surface area contributed by atoms with Gasteiger partial charge >= 0.3 is 11.4 Å². The number of fused-ring (bicyclic) bond motifs is 2. The van der Waals surface area contributed by atoms with Crippen molar-refractivity contribution >= 4 is 21.4 Å². The zero-order valence-corrected chi connectivity index (χ0v) is 13.3. The van der Waals surface area contributed by atoms with Crippen molar-refractivity contribution in [2.45, 2.75) is 16.3 Å². The number of ketones is 2. The summed E-state index contributed by atoms with van der Waals surface area (Å²) in [5, 5.41) is -6.13. The van der Waals surface area contributed by atoms with E-state index in [2.05, 4.69) is 0 Å². The summed E-state index contributed by atoms with van der Waals surface area (Å²) < 4.78 is 88.9. The average molecular weight is 390 g/mol. The first kappa shape index (κ1) is 18.2. The van der Waals surface area contributed by atoms with Crippen LogP contribution in [0, 0.1) is 0 Å². The third-order valence-electron chi connectivity index (χ3n) is 3.87. The van der Waals surface area contributed by atoms with E-state index in [1.165, 1.54) is 18.2 Å². The molecule has 0 spiro atoms. The Bertz CT molecular complexity index is 1050. The molecule has 0 unspecified atom stereocenters. The molecule has 4 nitrogen and oxygen atoms in total. The van der Waals surface area contributed by atoms with Gasteiger partial charge in [-0.3, -0.25) is 9.59 Å². The SMILES string of the molecule is O=C1c2ccccc2C(=O)c2c1cccc2S(=O)(=O)C(F)(F)C(F)(F)F. The van der Waals surface area contributed by atoms with Crippen LogP contribution in [-0.4, -0.2) is 31.4 Å². The second-order valence-electron chi connectivity index (χ2n) is 5.40. The lowest BCUT2D eigenvalue weighted by Gasteiger charge is -2.24. The van der Waals surface area contributed by atoms with E-state index in [1.807, 2.05) is 0 Å². The van der Waals surface area contributed by atoms with Gasteiger partial charge in [-0.05, 0) is 6.07 Å². The normalized spacial score (nSPS) is 14.8. The molecule has 10 heteroatoms. The number of alkyl halides is 5. The van der Waals surface area contributed by atoms with Crippen LogP contribution in [-0.2, 0) is 9.84 Å². The van der Waals surface area contributed by atoms with E-state index in [4.69, 9.17) is 0 Å². The molecule has 0 atom stereocenters. The highest BCUT2D eigenvalue weighted by Crippen LogP contribution is 2.45. The van der Waals surface area contributed by atoms with E-state index >= 15 is 0 Å². The maximum atomic E-state index is 13.6. The van der Waals surface area contributed by atoms with E-state index < -0.39 is 48.9 Å². The largest absolute Gasteiger partial charge is 0.469 e. The summed E-state index contributed by atoms with van der Waals surface area (Å²) in [6.45, 7) is 0. The number of hydrogen-bond donors (Lipinski definition) is 0. The summed E-state index contributed by atoms with van der Waals surface area (Å²) in [7, 11) is -6.33. The molecule has 0 saturated heterocycles. The van der Waals surface area contributed by atoms with Crippen LogP contribution in [0.25, 0.3) is 0 Å². The molecule has 2 aromatic carbocycles. The molecule has 0 heterocycles. The van der Waals surface area contributed by atoms with Crippen LogP contribution in [0.4, 0.5) is 22.0 Å². The fourth-order valence-electron chi connectivity index (χ4n) is 2.63. The molecule has 136 valence electrons. The van der Waals surface area contributed by atoms with E-state index in [9.17, 15) is 40.0 Å². The third kappa shape index (κ3) is 2.28. The lowest BCUT2D eigenvalue weighted by atomic mass is 9.84. The van der Waals surface area contributed by atoms with Gasteiger partial charge in [-0.1, -0.05) is 36.4 Å². The third-order valence-corrected chi connectivity index (χ3v) is 5.70. The predicted octanol–water partition coefficient (Wildman–Crippen LogP) is 3.39. The number of carbonyl (C=O) groups is 2. The first-order chi connectivity index (χ1) is 11.9. The molecule has 0 bridgehead atoms. The number of benzene rings is 2. The number of rotatable bonds is 2. The summed E-state index contributed by atoms with van der Waals surface area (Å²) in [6, 6.07) is 7.47.